The lowest BCUT2D eigenvalue weighted by Gasteiger charge is -2.40. The van der Waals surface area contributed by atoms with Gasteiger partial charge in [0.05, 0.1) is 6.42 Å². The molecule has 0 saturated heterocycles. The van der Waals surface area contributed by atoms with Crippen LogP contribution in [0.3, 0.4) is 0 Å². The fourth-order valence-electron chi connectivity index (χ4n) is 1.59. The monoisotopic (exact) mass is 532 g/mol. The Hall–Kier alpha value is -1.11. The van der Waals surface area contributed by atoms with Gasteiger partial charge in [-0.25, -0.2) is 34.8 Å². The Balaban J connectivity index is 6.29. The van der Waals surface area contributed by atoms with Crippen molar-refractivity contribution in [1.29, 1.82) is 0 Å². The summed E-state index contributed by atoms with van der Waals surface area (Å²) in [5.74, 6) is -28.6. The van der Waals surface area contributed by atoms with Gasteiger partial charge in [0.15, 0.2) is 0 Å². The second-order valence-corrected chi connectivity index (χ2v) is 8.89. The molecule has 2 atom stereocenters. The van der Waals surface area contributed by atoms with Crippen LogP contribution in [0.5, 0.6) is 0 Å². The van der Waals surface area contributed by atoms with Crippen molar-refractivity contribution in [3.05, 3.63) is 0 Å². The zero-order valence-corrected chi connectivity index (χ0v) is 16.9. The van der Waals surface area contributed by atoms with Crippen LogP contribution >= 0.6 is 0 Å². The lowest BCUT2D eigenvalue weighted by Crippen LogP contribution is -2.61. The van der Waals surface area contributed by atoms with Crippen molar-refractivity contribution in [1.82, 2.24) is 0 Å². The molecule has 4 nitrogen and oxygen atoms in total. The van der Waals surface area contributed by atoms with Crippen molar-refractivity contribution in [2.45, 2.75) is 74.1 Å². The number of hydrogen-bond acceptors (Lipinski definition) is 4. The van der Waals surface area contributed by atoms with Crippen LogP contribution in [0, 0.1) is 0 Å². The highest BCUT2D eigenvalue weighted by Crippen LogP contribution is 2.52. The van der Waals surface area contributed by atoms with E-state index in [1.54, 1.807) is 0 Å². The van der Waals surface area contributed by atoms with E-state index in [0.29, 0.717) is 0 Å². The van der Waals surface area contributed by atoms with Crippen LogP contribution in [0.1, 0.15) is 27.2 Å². The van der Waals surface area contributed by atoms with Gasteiger partial charge in [0.2, 0.25) is 9.84 Å². The Labute approximate surface area is 170 Å². The summed E-state index contributed by atoms with van der Waals surface area (Å²) in [6.45, 7) is -2.41. The normalized spacial score (nSPS) is 19.4. The molecule has 0 aliphatic rings. The molecule has 0 N–H and O–H groups in total. The summed E-state index contributed by atoms with van der Waals surface area (Å²) < 4.78 is 215. The molecule has 0 aromatic carbocycles. The Morgan fingerprint density at radius 1 is 0.625 bits per heavy atom. The van der Waals surface area contributed by atoms with Crippen molar-refractivity contribution >= 4 is 9.84 Å². The van der Waals surface area contributed by atoms with E-state index in [1.807, 2.05) is 0 Å². The summed E-state index contributed by atoms with van der Waals surface area (Å²) in [5.41, 5.74) is 0. The molecule has 194 valence electrons. The zero-order valence-electron chi connectivity index (χ0n) is 16.0. The molecule has 0 spiro atoms. The quantitative estimate of drug-likeness (QED) is 0.329. The van der Waals surface area contributed by atoms with Crippen LogP contribution in [-0.2, 0) is 19.3 Å². The van der Waals surface area contributed by atoms with Gasteiger partial charge in [-0.15, -0.1) is 0 Å². The molecule has 0 fully saturated rings. The molecule has 0 aromatic rings. The summed E-state index contributed by atoms with van der Waals surface area (Å²) in [5, 5.41) is -6.43. The third-order valence-corrected chi connectivity index (χ3v) is 4.85. The van der Waals surface area contributed by atoms with Crippen molar-refractivity contribution in [2.75, 3.05) is 6.26 Å². The van der Waals surface area contributed by atoms with E-state index in [1.165, 1.54) is 0 Å². The van der Waals surface area contributed by atoms with Gasteiger partial charge >= 0.3 is 41.1 Å². The first kappa shape index (κ1) is 30.9. The molecule has 0 heterocycles. The molecule has 0 aliphatic carbocycles. The highest BCUT2D eigenvalue weighted by atomic mass is 32.2. The molecule has 0 aliphatic heterocycles. The number of ether oxygens (including phenoxy) is 2. The first-order chi connectivity index (χ1) is 13.4. The largest absolute Gasteiger partial charge is 0.437 e. The SMILES string of the molecule is CC(F)(F)C(F)(F)CC(F)(OC(F)(F)C(C)(F)OC(F)(F)C(F)(F)S(C)(=O)=O)C(C)(F)F. The van der Waals surface area contributed by atoms with Crippen molar-refractivity contribution in [3.63, 3.8) is 0 Å². The first-order valence-electron chi connectivity index (χ1n) is 7.62. The van der Waals surface area contributed by atoms with Gasteiger partial charge < -0.3 is 0 Å². The Morgan fingerprint density at radius 2 is 1.00 bits per heavy atom. The second kappa shape index (κ2) is 7.99. The molecule has 19 heteroatoms. The summed E-state index contributed by atoms with van der Waals surface area (Å²) in [4.78, 5) is 0. The Bertz CT molecular complexity index is 783. The van der Waals surface area contributed by atoms with Gasteiger partial charge in [0, 0.05) is 27.0 Å². The first-order valence-corrected chi connectivity index (χ1v) is 9.51. The van der Waals surface area contributed by atoms with E-state index in [9.17, 15) is 69.9 Å². The van der Waals surface area contributed by atoms with Crippen LogP contribution in [0.15, 0.2) is 0 Å². The molecule has 0 amide bonds. The maximum absolute atomic E-state index is 14.3. The number of rotatable bonds is 11. The Morgan fingerprint density at radius 3 is 1.28 bits per heavy atom. The number of sulfone groups is 1. The lowest BCUT2D eigenvalue weighted by molar-refractivity contribution is -0.490. The second-order valence-electron chi connectivity index (χ2n) is 6.83. The van der Waals surface area contributed by atoms with E-state index < -0.39 is 90.2 Å². The molecular weight excluding hydrogens is 518 g/mol. The van der Waals surface area contributed by atoms with Crippen molar-refractivity contribution in [3.8, 4) is 0 Å². The summed E-state index contributed by atoms with van der Waals surface area (Å²) in [7, 11) is -6.21. The minimum Gasteiger partial charge on any atom is -0.272 e. The number of halogens is 14. The van der Waals surface area contributed by atoms with E-state index in [4.69, 9.17) is 0 Å². The lowest BCUT2D eigenvalue weighted by atomic mass is 9.99. The van der Waals surface area contributed by atoms with Gasteiger partial charge in [0.25, 0.3) is 5.85 Å². The van der Waals surface area contributed by atoms with Crippen molar-refractivity contribution in [2.24, 2.45) is 0 Å². The Kier molecular flexibility index (Phi) is 7.71. The van der Waals surface area contributed by atoms with Gasteiger partial charge in [0.1, 0.15) is 0 Å². The van der Waals surface area contributed by atoms with E-state index in [-0.39, 0.29) is 0 Å². The predicted molar refractivity (Wildman–Crippen MR) is 76.0 cm³/mol. The zero-order chi connectivity index (χ0) is 26.6. The third kappa shape index (κ3) is 5.87. The average molecular weight is 532 g/mol. The highest BCUT2D eigenvalue weighted by Gasteiger charge is 2.74. The predicted octanol–water partition coefficient (Wildman–Crippen LogP) is 5.53. The molecule has 32 heavy (non-hydrogen) atoms. The highest BCUT2D eigenvalue weighted by molar-refractivity contribution is 7.91. The molecule has 0 bridgehead atoms. The van der Waals surface area contributed by atoms with E-state index in [0.717, 1.165) is 0 Å². The fraction of sp³-hybridized carbons (Fsp3) is 1.00. The average Bonchev–Trinajstić information content (AvgIpc) is 2.40. The maximum Gasteiger partial charge on any atom is 0.437 e. The standard InChI is InChI=1S/C13H14F14O4S/c1-6(14,15)9(19,20)5-10(21,7(2,16)17)31-11(22,23)8(3,18)30-12(24,25)13(26,27)32(4,28)29/h5H2,1-4H3. The summed E-state index contributed by atoms with van der Waals surface area (Å²) in [6, 6.07) is 0. The molecule has 0 rings (SSSR count). The van der Waals surface area contributed by atoms with Gasteiger partial charge in [-0.2, -0.15) is 35.1 Å². The maximum atomic E-state index is 14.3. The summed E-state index contributed by atoms with van der Waals surface area (Å²) >= 11 is 0. The van der Waals surface area contributed by atoms with E-state index in [2.05, 4.69) is 9.47 Å². The van der Waals surface area contributed by atoms with Crippen molar-refractivity contribution < 1.29 is 79.4 Å². The topological polar surface area (TPSA) is 52.6 Å². The third-order valence-electron chi connectivity index (χ3n) is 3.68. The minimum absolute atomic E-state index is 0.578. The fourth-order valence-corrected chi connectivity index (χ4v) is 2.06. The summed E-state index contributed by atoms with van der Waals surface area (Å²) in [6.07, 6.45) is -17.5. The minimum atomic E-state index is -6.69. The number of alkyl halides is 14. The van der Waals surface area contributed by atoms with Crippen LogP contribution in [0.4, 0.5) is 61.5 Å². The molecule has 0 saturated carbocycles. The smallest absolute Gasteiger partial charge is 0.272 e. The van der Waals surface area contributed by atoms with Gasteiger partial charge in [-0.3, -0.25) is 9.47 Å². The molecule has 2 unspecified atom stereocenters. The molecular formula is C13H14F14O4S. The van der Waals surface area contributed by atoms with Gasteiger partial charge in [-0.05, 0) is 0 Å². The number of hydrogen-bond donors (Lipinski definition) is 0. The molecule has 0 radical (unpaired) electrons. The molecule has 0 aromatic heterocycles. The van der Waals surface area contributed by atoms with Crippen LogP contribution in [0.2, 0.25) is 0 Å². The van der Waals surface area contributed by atoms with Gasteiger partial charge in [-0.1, -0.05) is 0 Å². The van der Waals surface area contributed by atoms with Crippen LogP contribution < -0.4 is 0 Å². The van der Waals surface area contributed by atoms with Crippen LogP contribution in [0.25, 0.3) is 0 Å². The van der Waals surface area contributed by atoms with E-state index >= 15 is 0 Å². The van der Waals surface area contributed by atoms with Crippen LogP contribution in [-0.4, -0.2) is 61.6 Å².